The van der Waals surface area contributed by atoms with Crippen LogP contribution < -0.4 is 5.32 Å². The lowest BCUT2D eigenvalue weighted by Gasteiger charge is -2.33. The number of likely N-dealkylation sites (tertiary alicyclic amines) is 1. The zero-order chi connectivity index (χ0) is 18.1. The maximum Gasteiger partial charge on any atom is 0.173 e. The Morgan fingerprint density at radius 1 is 1.27 bits per heavy atom. The number of aromatic nitrogens is 2. The number of nitrogens with one attached hydrogen (secondary N) is 2. The van der Waals surface area contributed by atoms with Crippen LogP contribution in [0.5, 0.6) is 0 Å². The third-order valence-electron chi connectivity index (χ3n) is 4.85. The van der Waals surface area contributed by atoms with E-state index in [0.29, 0.717) is 11.0 Å². The monoisotopic (exact) mass is 368 g/mol. The van der Waals surface area contributed by atoms with E-state index < -0.39 is 0 Å². The molecule has 3 aromatic rings. The highest BCUT2D eigenvalue weighted by Gasteiger charge is 2.25. The summed E-state index contributed by atoms with van der Waals surface area (Å²) in [6.45, 7) is 3.83. The average Bonchev–Trinajstić information content (AvgIpc) is 3.07. The van der Waals surface area contributed by atoms with Crippen molar-refractivity contribution in [3.63, 3.8) is 0 Å². The van der Waals surface area contributed by atoms with Crippen LogP contribution in [-0.2, 0) is 0 Å². The number of H-pyrrole nitrogens is 1. The molecule has 0 amide bonds. The largest absolute Gasteiger partial charge is 0.348 e. The Morgan fingerprint density at radius 3 is 2.88 bits per heavy atom. The number of hydrogen-bond acceptors (Lipinski definition) is 2. The van der Waals surface area contributed by atoms with Gasteiger partial charge in [-0.05, 0) is 73.9 Å². The van der Waals surface area contributed by atoms with Gasteiger partial charge >= 0.3 is 0 Å². The van der Waals surface area contributed by atoms with Crippen LogP contribution in [0.25, 0.3) is 11.0 Å². The van der Waals surface area contributed by atoms with Gasteiger partial charge in [-0.15, -0.1) is 0 Å². The van der Waals surface area contributed by atoms with Crippen LogP contribution in [0.3, 0.4) is 0 Å². The molecule has 0 bridgehead atoms. The second-order valence-electron chi connectivity index (χ2n) is 6.86. The van der Waals surface area contributed by atoms with Crippen molar-refractivity contribution in [1.82, 2.24) is 14.9 Å². The standard InChI is InChI=1S/C20H21FN4S/c1-13-4-9-17-18(11-13)24-19(23-17)14-3-2-10-25(12-14)20(26)22-16-7-5-15(21)6-8-16/h4-9,11,14H,2-3,10,12H2,1H3,(H,22,26)(H,23,24). The fourth-order valence-corrected chi connectivity index (χ4v) is 3.74. The third kappa shape index (κ3) is 3.55. The van der Waals surface area contributed by atoms with Gasteiger partial charge in [0.05, 0.1) is 11.0 Å². The summed E-state index contributed by atoms with van der Waals surface area (Å²) in [5.41, 5.74) is 4.12. The minimum Gasteiger partial charge on any atom is -0.348 e. The molecule has 134 valence electrons. The zero-order valence-corrected chi connectivity index (χ0v) is 15.4. The predicted molar refractivity (Wildman–Crippen MR) is 107 cm³/mol. The first-order valence-electron chi connectivity index (χ1n) is 8.86. The van der Waals surface area contributed by atoms with Crippen molar-refractivity contribution in [1.29, 1.82) is 0 Å². The van der Waals surface area contributed by atoms with E-state index in [2.05, 4.69) is 40.3 Å². The van der Waals surface area contributed by atoms with Crippen molar-refractivity contribution in [2.45, 2.75) is 25.7 Å². The minimum absolute atomic E-state index is 0.250. The van der Waals surface area contributed by atoms with Crippen LogP contribution >= 0.6 is 12.2 Å². The quantitative estimate of drug-likeness (QED) is 0.650. The van der Waals surface area contributed by atoms with Crippen molar-refractivity contribution >= 4 is 34.1 Å². The molecule has 1 fully saturated rings. The molecule has 1 aliphatic heterocycles. The van der Waals surface area contributed by atoms with Crippen molar-refractivity contribution in [3.05, 3.63) is 59.7 Å². The van der Waals surface area contributed by atoms with E-state index in [4.69, 9.17) is 17.2 Å². The van der Waals surface area contributed by atoms with Crippen molar-refractivity contribution in [2.75, 3.05) is 18.4 Å². The topological polar surface area (TPSA) is 44.0 Å². The molecule has 4 rings (SSSR count). The summed E-state index contributed by atoms with van der Waals surface area (Å²) in [7, 11) is 0. The van der Waals surface area contributed by atoms with E-state index in [-0.39, 0.29) is 5.82 Å². The van der Waals surface area contributed by atoms with E-state index >= 15 is 0 Å². The summed E-state index contributed by atoms with van der Waals surface area (Å²) in [5, 5.41) is 3.88. The van der Waals surface area contributed by atoms with Gasteiger partial charge in [0.15, 0.2) is 5.11 Å². The number of piperidine rings is 1. The highest BCUT2D eigenvalue weighted by molar-refractivity contribution is 7.80. The molecule has 0 saturated carbocycles. The number of nitrogens with zero attached hydrogens (tertiary/aromatic N) is 2. The molecular weight excluding hydrogens is 347 g/mol. The van der Waals surface area contributed by atoms with Crippen LogP contribution in [-0.4, -0.2) is 33.1 Å². The highest BCUT2D eigenvalue weighted by Crippen LogP contribution is 2.27. The van der Waals surface area contributed by atoms with Crippen LogP contribution in [0.4, 0.5) is 10.1 Å². The fraction of sp³-hybridized carbons (Fsp3) is 0.300. The Bertz CT molecular complexity index is 935. The molecular formula is C20H21FN4S. The molecule has 1 aromatic heterocycles. The molecule has 1 atom stereocenters. The Balaban J connectivity index is 1.47. The first-order chi connectivity index (χ1) is 12.6. The summed E-state index contributed by atoms with van der Waals surface area (Å²) < 4.78 is 13.0. The number of fused-ring (bicyclic) bond motifs is 1. The molecule has 0 aliphatic carbocycles. The molecule has 26 heavy (non-hydrogen) atoms. The van der Waals surface area contributed by atoms with Crippen molar-refractivity contribution in [3.8, 4) is 0 Å². The van der Waals surface area contributed by atoms with Crippen LogP contribution in [0.15, 0.2) is 42.5 Å². The fourth-order valence-electron chi connectivity index (χ4n) is 3.46. The maximum atomic E-state index is 13.0. The second-order valence-corrected chi connectivity index (χ2v) is 7.25. The van der Waals surface area contributed by atoms with E-state index in [9.17, 15) is 4.39 Å². The number of aryl methyl sites for hydroxylation is 1. The number of aromatic amines is 1. The number of benzene rings is 2. The SMILES string of the molecule is Cc1ccc2nc(C3CCCN(C(=S)Nc4ccc(F)cc4)C3)[nH]c2c1. The summed E-state index contributed by atoms with van der Waals surface area (Å²) in [6, 6.07) is 12.5. The van der Waals surface area contributed by atoms with Gasteiger partial charge in [0.1, 0.15) is 11.6 Å². The van der Waals surface area contributed by atoms with Gasteiger partial charge in [0, 0.05) is 24.7 Å². The molecule has 2 aromatic carbocycles. The molecule has 1 saturated heterocycles. The molecule has 2 heterocycles. The van der Waals surface area contributed by atoms with Gasteiger partial charge in [-0.25, -0.2) is 9.37 Å². The van der Waals surface area contributed by atoms with Gasteiger partial charge < -0.3 is 15.2 Å². The van der Waals surface area contributed by atoms with Gasteiger partial charge in [0.25, 0.3) is 0 Å². The van der Waals surface area contributed by atoms with Gasteiger partial charge in [0.2, 0.25) is 0 Å². The molecule has 2 N–H and O–H groups in total. The Labute approximate surface area is 157 Å². The van der Waals surface area contributed by atoms with Gasteiger partial charge in [-0.3, -0.25) is 0 Å². The van der Waals surface area contributed by atoms with Crippen LogP contribution in [0, 0.1) is 12.7 Å². The highest BCUT2D eigenvalue weighted by atomic mass is 32.1. The molecule has 0 radical (unpaired) electrons. The summed E-state index contributed by atoms with van der Waals surface area (Å²) in [4.78, 5) is 10.4. The molecule has 4 nitrogen and oxygen atoms in total. The summed E-state index contributed by atoms with van der Waals surface area (Å²) in [5.74, 6) is 1.10. The number of halogens is 1. The van der Waals surface area contributed by atoms with E-state index in [1.165, 1.54) is 17.7 Å². The smallest absolute Gasteiger partial charge is 0.173 e. The third-order valence-corrected chi connectivity index (χ3v) is 5.21. The second kappa shape index (κ2) is 7.03. The lowest BCUT2D eigenvalue weighted by molar-refractivity contribution is 0.307. The van der Waals surface area contributed by atoms with Crippen LogP contribution in [0.1, 0.15) is 30.1 Å². The Kier molecular flexibility index (Phi) is 4.59. The van der Waals surface area contributed by atoms with Crippen LogP contribution in [0.2, 0.25) is 0 Å². The Morgan fingerprint density at radius 2 is 2.08 bits per heavy atom. The Hall–Kier alpha value is -2.47. The van der Waals surface area contributed by atoms with E-state index in [1.54, 1.807) is 12.1 Å². The molecule has 1 unspecified atom stereocenters. The molecule has 6 heteroatoms. The number of hydrogen-bond donors (Lipinski definition) is 2. The molecule has 1 aliphatic rings. The zero-order valence-electron chi connectivity index (χ0n) is 14.6. The number of rotatable bonds is 2. The normalized spacial score (nSPS) is 17.5. The van der Waals surface area contributed by atoms with E-state index in [1.807, 2.05) is 0 Å². The van der Waals surface area contributed by atoms with Crippen molar-refractivity contribution < 1.29 is 4.39 Å². The number of anilines is 1. The van der Waals surface area contributed by atoms with Gasteiger partial charge in [-0.1, -0.05) is 6.07 Å². The summed E-state index contributed by atoms with van der Waals surface area (Å²) in [6.07, 6.45) is 2.15. The first-order valence-corrected chi connectivity index (χ1v) is 9.27. The van der Waals surface area contributed by atoms with Gasteiger partial charge in [-0.2, -0.15) is 0 Å². The maximum absolute atomic E-state index is 13.0. The van der Waals surface area contributed by atoms with E-state index in [0.717, 1.165) is 48.5 Å². The number of thiocarbonyl (C=S) groups is 1. The lowest BCUT2D eigenvalue weighted by Crippen LogP contribution is -2.41. The predicted octanol–water partition coefficient (Wildman–Crippen LogP) is 4.59. The summed E-state index contributed by atoms with van der Waals surface area (Å²) >= 11 is 5.56. The minimum atomic E-state index is -0.250. The first kappa shape index (κ1) is 17.0. The lowest BCUT2D eigenvalue weighted by atomic mass is 9.98. The average molecular weight is 368 g/mol. The number of imidazole rings is 1. The molecule has 0 spiro atoms. The van der Waals surface area contributed by atoms with Crippen molar-refractivity contribution in [2.24, 2.45) is 0 Å².